The standard InChI is InChI=1S/C9H12N4S/c1-7-3-10-9(14)13(7)6-8-4-11-12(2)5-8/h3-5H,6H2,1-2H3,(H,10,14). The number of aryl methyl sites for hydroxylation is 2. The van der Waals surface area contributed by atoms with Gasteiger partial charge in [-0.2, -0.15) is 5.10 Å². The third-order valence-electron chi connectivity index (χ3n) is 2.17. The normalized spacial score (nSPS) is 10.7. The van der Waals surface area contributed by atoms with E-state index in [1.807, 2.05) is 37.1 Å². The lowest BCUT2D eigenvalue weighted by Gasteiger charge is -2.01. The Balaban J connectivity index is 2.31. The minimum atomic E-state index is 0.756. The van der Waals surface area contributed by atoms with Crippen molar-refractivity contribution in [3.63, 3.8) is 0 Å². The summed E-state index contributed by atoms with van der Waals surface area (Å²) in [4.78, 5) is 3.01. The maximum atomic E-state index is 5.16. The van der Waals surface area contributed by atoms with Crippen LogP contribution in [0.2, 0.25) is 0 Å². The van der Waals surface area contributed by atoms with Crippen molar-refractivity contribution in [2.45, 2.75) is 13.5 Å². The fourth-order valence-corrected chi connectivity index (χ4v) is 1.68. The van der Waals surface area contributed by atoms with Gasteiger partial charge in [0.15, 0.2) is 4.77 Å². The molecule has 0 aliphatic heterocycles. The first-order valence-electron chi connectivity index (χ1n) is 4.39. The van der Waals surface area contributed by atoms with Crippen LogP contribution < -0.4 is 0 Å². The lowest BCUT2D eigenvalue weighted by molar-refractivity contribution is 0.749. The van der Waals surface area contributed by atoms with E-state index in [1.165, 1.54) is 0 Å². The summed E-state index contributed by atoms with van der Waals surface area (Å²) in [7, 11) is 1.91. The van der Waals surface area contributed by atoms with Crippen LogP contribution in [-0.2, 0) is 13.6 Å². The van der Waals surface area contributed by atoms with E-state index >= 15 is 0 Å². The molecule has 0 saturated carbocycles. The highest BCUT2D eigenvalue weighted by molar-refractivity contribution is 7.71. The molecule has 0 unspecified atom stereocenters. The number of aromatic nitrogens is 4. The molecule has 0 spiro atoms. The van der Waals surface area contributed by atoms with Crippen molar-refractivity contribution >= 4 is 12.2 Å². The van der Waals surface area contributed by atoms with Crippen molar-refractivity contribution in [1.82, 2.24) is 19.3 Å². The van der Waals surface area contributed by atoms with Crippen LogP contribution in [-0.4, -0.2) is 19.3 Å². The molecule has 2 heterocycles. The Labute approximate surface area is 87.2 Å². The third-order valence-corrected chi connectivity index (χ3v) is 2.51. The molecule has 0 bridgehead atoms. The lowest BCUT2D eigenvalue weighted by Crippen LogP contribution is -2.00. The van der Waals surface area contributed by atoms with Crippen LogP contribution in [0.1, 0.15) is 11.3 Å². The zero-order chi connectivity index (χ0) is 10.1. The van der Waals surface area contributed by atoms with Gasteiger partial charge >= 0.3 is 0 Å². The molecule has 2 rings (SSSR count). The zero-order valence-electron chi connectivity index (χ0n) is 8.19. The number of rotatable bonds is 2. The second-order valence-corrected chi connectivity index (χ2v) is 3.73. The zero-order valence-corrected chi connectivity index (χ0v) is 9.01. The van der Waals surface area contributed by atoms with E-state index in [-0.39, 0.29) is 0 Å². The summed E-state index contributed by atoms with van der Waals surface area (Å²) in [5.74, 6) is 0. The summed E-state index contributed by atoms with van der Waals surface area (Å²) in [5, 5.41) is 4.12. The lowest BCUT2D eigenvalue weighted by atomic mass is 10.3. The first-order chi connectivity index (χ1) is 6.66. The highest BCUT2D eigenvalue weighted by atomic mass is 32.1. The highest BCUT2D eigenvalue weighted by Crippen LogP contribution is 2.05. The van der Waals surface area contributed by atoms with Crippen molar-refractivity contribution in [1.29, 1.82) is 0 Å². The molecule has 0 atom stereocenters. The Kier molecular flexibility index (Phi) is 2.25. The molecule has 14 heavy (non-hydrogen) atoms. The molecule has 2 aromatic rings. The van der Waals surface area contributed by atoms with Crippen molar-refractivity contribution in [3.8, 4) is 0 Å². The van der Waals surface area contributed by atoms with Crippen LogP contribution in [0.3, 0.4) is 0 Å². The van der Waals surface area contributed by atoms with Crippen molar-refractivity contribution in [2.75, 3.05) is 0 Å². The van der Waals surface area contributed by atoms with E-state index in [9.17, 15) is 0 Å². The van der Waals surface area contributed by atoms with Crippen molar-refractivity contribution in [2.24, 2.45) is 7.05 Å². The molecule has 0 fully saturated rings. The Bertz CT molecular complexity index is 491. The first kappa shape index (κ1) is 9.21. The van der Waals surface area contributed by atoms with Crippen LogP contribution in [0.25, 0.3) is 0 Å². The topological polar surface area (TPSA) is 38.5 Å². The molecule has 0 amide bonds. The van der Waals surface area contributed by atoms with Crippen LogP contribution in [0.4, 0.5) is 0 Å². The summed E-state index contributed by atoms with van der Waals surface area (Å²) in [5.41, 5.74) is 2.30. The minimum absolute atomic E-state index is 0.756. The Morgan fingerprint density at radius 3 is 2.86 bits per heavy atom. The Morgan fingerprint density at radius 2 is 2.36 bits per heavy atom. The van der Waals surface area contributed by atoms with Crippen LogP contribution in [0.15, 0.2) is 18.6 Å². The number of nitrogens with zero attached hydrogens (tertiary/aromatic N) is 3. The fourth-order valence-electron chi connectivity index (χ4n) is 1.41. The van der Waals surface area contributed by atoms with E-state index in [2.05, 4.69) is 10.1 Å². The quantitative estimate of drug-likeness (QED) is 0.762. The molecule has 0 aromatic carbocycles. The summed E-state index contributed by atoms with van der Waals surface area (Å²) in [6, 6.07) is 0. The first-order valence-corrected chi connectivity index (χ1v) is 4.80. The molecule has 0 aliphatic rings. The second kappa shape index (κ2) is 3.42. The monoisotopic (exact) mass is 208 g/mol. The number of aromatic amines is 1. The number of hydrogen-bond acceptors (Lipinski definition) is 2. The molecule has 2 aromatic heterocycles. The Morgan fingerprint density at radius 1 is 1.57 bits per heavy atom. The van der Waals surface area contributed by atoms with Crippen molar-refractivity contribution < 1.29 is 0 Å². The SMILES string of the molecule is Cc1c[nH]c(=S)n1Cc1cnn(C)c1. The summed E-state index contributed by atoms with van der Waals surface area (Å²) in [6.07, 6.45) is 5.77. The van der Waals surface area contributed by atoms with Gasteiger partial charge in [-0.3, -0.25) is 4.68 Å². The van der Waals surface area contributed by atoms with Gasteiger partial charge in [0, 0.05) is 30.7 Å². The smallest absolute Gasteiger partial charge is 0.177 e. The summed E-state index contributed by atoms with van der Waals surface area (Å²) >= 11 is 5.16. The van der Waals surface area contributed by atoms with Crippen LogP contribution in [0.5, 0.6) is 0 Å². The predicted octanol–water partition coefficient (Wildman–Crippen LogP) is 1.64. The molecule has 74 valence electrons. The van der Waals surface area contributed by atoms with E-state index in [1.54, 1.807) is 4.68 Å². The van der Waals surface area contributed by atoms with Gasteiger partial charge < -0.3 is 9.55 Å². The van der Waals surface area contributed by atoms with Crippen LogP contribution in [0, 0.1) is 11.7 Å². The average molecular weight is 208 g/mol. The average Bonchev–Trinajstić information content (AvgIpc) is 2.67. The fraction of sp³-hybridized carbons (Fsp3) is 0.333. The van der Waals surface area contributed by atoms with E-state index in [0.717, 1.165) is 22.6 Å². The van der Waals surface area contributed by atoms with E-state index in [0.29, 0.717) is 0 Å². The Hall–Kier alpha value is -1.36. The second-order valence-electron chi connectivity index (χ2n) is 3.34. The number of H-pyrrole nitrogens is 1. The largest absolute Gasteiger partial charge is 0.337 e. The summed E-state index contributed by atoms with van der Waals surface area (Å²) in [6.45, 7) is 2.81. The van der Waals surface area contributed by atoms with Gasteiger partial charge in [0.2, 0.25) is 0 Å². The maximum Gasteiger partial charge on any atom is 0.177 e. The van der Waals surface area contributed by atoms with Gasteiger partial charge in [-0.05, 0) is 19.1 Å². The van der Waals surface area contributed by atoms with Crippen LogP contribution >= 0.6 is 12.2 Å². The van der Waals surface area contributed by atoms with Gasteiger partial charge in [-0.15, -0.1) is 0 Å². The number of nitrogens with one attached hydrogen (secondary N) is 1. The molecule has 4 nitrogen and oxygen atoms in total. The molecule has 0 aliphatic carbocycles. The third kappa shape index (κ3) is 1.63. The molecule has 0 saturated heterocycles. The van der Waals surface area contributed by atoms with Gasteiger partial charge in [0.05, 0.1) is 12.7 Å². The molecular weight excluding hydrogens is 196 g/mol. The molecule has 0 radical (unpaired) electrons. The summed E-state index contributed by atoms with van der Waals surface area (Å²) < 4.78 is 4.60. The minimum Gasteiger partial charge on any atom is -0.337 e. The van der Waals surface area contributed by atoms with Gasteiger partial charge in [-0.1, -0.05) is 0 Å². The van der Waals surface area contributed by atoms with Gasteiger partial charge in [0.25, 0.3) is 0 Å². The van der Waals surface area contributed by atoms with Gasteiger partial charge in [0.1, 0.15) is 0 Å². The maximum absolute atomic E-state index is 5.16. The molecule has 1 N–H and O–H groups in total. The van der Waals surface area contributed by atoms with Gasteiger partial charge in [-0.25, -0.2) is 0 Å². The highest BCUT2D eigenvalue weighted by Gasteiger charge is 2.01. The van der Waals surface area contributed by atoms with Crippen molar-refractivity contribution in [3.05, 3.63) is 34.6 Å². The van der Waals surface area contributed by atoms with E-state index < -0.39 is 0 Å². The van der Waals surface area contributed by atoms with E-state index in [4.69, 9.17) is 12.2 Å². The number of hydrogen-bond donors (Lipinski definition) is 1. The number of imidazole rings is 1. The predicted molar refractivity (Wildman–Crippen MR) is 56.7 cm³/mol. The molecular formula is C9H12N4S. The molecule has 5 heteroatoms.